The predicted octanol–water partition coefficient (Wildman–Crippen LogP) is 4.44. The van der Waals surface area contributed by atoms with E-state index in [0.717, 1.165) is 16.9 Å². The molecule has 0 atom stereocenters. The van der Waals surface area contributed by atoms with E-state index < -0.39 is 0 Å². The van der Waals surface area contributed by atoms with Gasteiger partial charge in [0.05, 0.1) is 13.2 Å². The third-order valence-corrected chi connectivity index (χ3v) is 3.92. The molecule has 5 nitrogen and oxygen atoms in total. The number of esters is 1. The van der Waals surface area contributed by atoms with Crippen molar-refractivity contribution in [1.82, 2.24) is 0 Å². The third kappa shape index (κ3) is 6.98. The molecule has 0 fully saturated rings. The number of carbonyl (C=O) groups excluding carboxylic acids is 2. The summed E-state index contributed by atoms with van der Waals surface area (Å²) in [5.41, 5.74) is 3.73. The summed E-state index contributed by atoms with van der Waals surface area (Å²) >= 11 is 0. The lowest BCUT2D eigenvalue weighted by molar-refractivity contribution is -0.137. The number of ether oxygens (including phenoxy) is 1. The Labute approximate surface area is 160 Å². The number of hydrogen-bond acceptors (Lipinski definition) is 4. The lowest BCUT2D eigenvalue weighted by atomic mass is 10.0. The molecule has 142 valence electrons. The van der Waals surface area contributed by atoms with Gasteiger partial charge in [0, 0.05) is 17.5 Å². The zero-order valence-corrected chi connectivity index (χ0v) is 16.0. The van der Waals surface area contributed by atoms with Crippen molar-refractivity contribution in [2.45, 2.75) is 26.7 Å². The average Bonchev–Trinajstić information content (AvgIpc) is 2.66. The van der Waals surface area contributed by atoms with E-state index in [2.05, 4.69) is 24.5 Å². The van der Waals surface area contributed by atoms with E-state index in [1.165, 1.54) is 11.6 Å². The Balaban J connectivity index is 1.81. The Kier molecular flexibility index (Phi) is 7.62. The molecule has 0 saturated carbocycles. The van der Waals surface area contributed by atoms with Crippen LogP contribution in [0.4, 0.5) is 11.4 Å². The average molecular weight is 366 g/mol. The summed E-state index contributed by atoms with van der Waals surface area (Å²) in [4.78, 5) is 23.4. The van der Waals surface area contributed by atoms with Gasteiger partial charge in [-0.05, 0) is 54.3 Å². The van der Waals surface area contributed by atoms with Crippen LogP contribution in [0.5, 0.6) is 0 Å². The molecule has 0 aliphatic carbocycles. The van der Waals surface area contributed by atoms with Crippen molar-refractivity contribution in [2.75, 3.05) is 23.8 Å². The number of rotatable bonds is 8. The quantitative estimate of drug-likeness (QED) is 0.535. The van der Waals surface area contributed by atoms with Crippen molar-refractivity contribution in [3.05, 3.63) is 65.7 Å². The number of carbonyl (C=O) groups is 2. The molecule has 2 aromatic rings. The molecule has 2 aromatic carbocycles. The maximum Gasteiger partial charge on any atom is 0.330 e. The van der Waals surface area contributed by atoms with Gasteiger partial charge in [-0.2, -0.15) is 0 Å². The number of nitrogens with one attached hydrogen (secondary N) is 2. The summed E-state index contributed by atoms with van der Waals surface area (Å²) in [6.07, 6.45) is 3.08. The highest BCUT2D eigenvalue weighted by Gasteiger charge is 2.04. The number of hydrogen-bond donors (Lipinski definition) is 2. The Morgan fingerprint density at radius 1 is 1.00 bits per heavy atom. The fourth-order valence-electron chi connectivity index (χ4n) is 2.41. The van der Waals surface area contributed by atoms with Crippen LogP contribution >= 0.6 is 0 Å². The topological polar surface area (TPSA) is 67.4 Å². The van der Waals surface area contributed by atoms with Gasteiger partial charge < -0.3 is 15.4 Å². The van der Waals surface area contributed by atoms with Crippen LogP contribution in [-0.4, -0.2) is 25.0 Å². The summed E-state index contributed by atoms with van der Waals surface area (Å²) in [6.45, 7) is 6.56. The van der Waals surface area contributed by atoms with Crippen LogP contribution in [0.25, 0.3) is 6.08 Å². The van der Waals surface area contributed by atoms with Crippen molar-refractivity contribution in [1.29, 1.82) is 0 Å². The van der Waals surface area contributed by atoms with Crippen molar-refractivity contribution in [3.8, 4) is 0 Å². The molecule has 0 unspecified atom stereocenters. The van der Waals surface area contributed by atoms with E-state index in [1.807, 2.05) is 48.5 Å². The first-order valence-electron chi connectivity index (χ1n) is 9.06. The maximum absolute atomic E-state index is 12.1. The zero-order valence-electron chi connectivity index (χ0n) is 16.0. The van der Waals surface area contributed by atoms with Crippen LogP contribution in [0, 0.1) is 0 Å². The molecular weight excluding hydrogens is 340 g/mol. The summed E-state index contributed by atoms with van der Waals surface area (Å²) in [6, 6.07) is 15.3. The lowest BCUT2D eigenvalue weighted by Gasteiger charge is -2.10. The summed E-state index contributed by atoms with van der Waals surface area (Å²) < 4.78 is 4.84. The van der Waals surface area contributed by atoms with Crippen LogP contribution in [0.3, 0.4) is 0 Å². The fraction of sp³-hybridized carbons (Fsp3) is 0.273. The van der Waals surface area contributed by atoms with Gasteiger partial charge >= 0.3 is 5.97 Å². The van der Waals surface area contributed by atoms with Gasteiger partial charge in [-0.25, -0.2) is 4.79 Å². The van der Waals surface area contributed by atoms with Gasteiger partial charge in [-0.3, -0.25) is 4.79 Å². The molecule has 0 heterocycles. The molecule has 0 radical (unpaired) electrons. The highest BCUT2D eigenvalue weighted by Crippen LogP contribution is 2.17. The highest BCUT2D eigenvalue weighted by molar-refractivity contribution is 5.93. The highest BCUT2D eigenvalue weighted by atomic mass is 16.5. The SMILES string of the molecule is CCOC(=O)/C=C/c1ccc(NCC(=O)Nc2ccc(C(C)C)cc2)cc1. The fourth-order valence-corrected chi connectivity index (χ4v) is 2.41. The number of anilines is 2. The standard InChI is InChI=1S/C22H26N2O3/c1-4-27-22(26)14-7-17-5-10-19(11-6-17)23-15-21(25)24-20-12-8-18(9-13-20)16(2)3/h5-14,16,23H,4,15H2,1-3H3,(H,24,25)/b14-7+. The molecule has 0 aliphatic heterocycles. The zero-order chi connectivity index (χ0) is 19.6. The third-order valence-electron chi connectivity index (χ3n) is 3.92. The molecule has 1 amide bonds. The molecule has 0 saturated heterocycles. The Hall–Kier alpha value is -3.08. The molecule has 0 aliphatic rings. The summed E-state index contributed by atoms with van der Waals surface area (Å²) in [5, 5.41) is 5.95. The normalized spacial score (nSPS) is 10.8. The molecule has 2 rings (SSSR count). The molecule has 27 heavy (non-hydrogen) atoms. The van der Waals surface area contributed by atoms with Crippen LogP contribution in [0.15, 0.2) is 54.6 Å². The molecule has 5 heteroatoms. The smallest absolute Gasteiger partial charge is 0.330 e. The minimum absolute atomic E-state index is 0.112. The lowest BCUT2D eigenvalue weighted by Crippen LogP contribution is -2.21. The second-order valence-electron chi connectivity index (χ2n) is 6.39. The maximum atomic E-state index is 12.1. The summed E-state index contributed by atoms with van der Waals surface area (Å²) in [7, 11) is 0. The molecule has 0 aromatic heterocycles. The molecule has 2 N–H and O–H groups in total. The molecule has 0 bridgehead atoms. The van der Waals surface area contributed by atoms with Gasteiger partial charge in [0.15, 0.2) is 0 Å². The van der Waals surface area contributed by atoms with Crippen molar-refractivity contribution < 1.29 is 14.3 Å². The second-order valence-corrected chi connectivity index (χ2v) is 6.39. The minimum atomic E-state index is -0.363. The van der Waals surface area contributed by atoms with E-state index in [-0.39, 0.29) is 18.4 Å². The van der Waals surface area contributed by atoms with Crippen molar-refractivity contribution in [2.24, 2.45) is 0 Å². The first-order valence-corrected chi connectivity index (χ1v) is 9.06. The van der Waals surface area contributed by atoms with E-state index >= 15 is 0 Å². The minimum Gasteiger partial charge on any atom is -0.463 e. The Morgan fingerprint density at radius 2 is 1.63 bits per heavy atom. The molecule has 0 spiro atoms. The Bertz CT molecular complexity index is 778. The number of benzene rings is 2. The largest absolute Gasteiger partial charge is 0.463 e. The van der Waals surface area contributed by atoms with Gasteiger partial charge in [0.2, 0.25) is 5.91 Å². The number of amides is 1. The van der Waals surface area contributed by atoms with Crippen molar-refractivity contribution in [3.63, 3.8) is 0 Å². The van der Waals surface area contributed by atoms with E-state index in [9.17, 15) is 9.59 Å². The first kappa shape index (κ1) is 20.2. The van der Waals surface area contributed by atoms with Crippen LogP contribution < -0.4 is 10.6 Å². The van der Waals surface area contributed by atoms with Crippen molar-refractivity contribution >= 4 is 29.3 Å². The van der Waals surface area contributed by atoms with Crippen LogP contribution in [-0.2, 0) is 14.3 Å². The monoisotopic (exact) mass is 366 g/mol. The van der Waals surface area contributed by atoms with Gasteiger partial charge in [0.1, 0.15) is 0 Å². The van der Waals surface area contributed by atoms with E-state index in [1.54, 1.807) is 13.0 Å². The predicted molar refractivity (Wildman–Crippen MR) is 110 cm³/mol. The second kappa shape index (κ2) is 10.2. The summed E-state index contributed by atoms with van der Waals surface area (Å²) in [5.74, 6) is -0.0112. The van der Waals surface area contributed by atoms with Gasteiger partial charge in [-0.15, -0.1) is 0 Å². The first-order chi connectivity index (χ1) is 13.0. The van der Waals surface area contributed by atoms with E-state index in [4.69, 9.17) is 4.74 Å². The van der Waals surface area contributed by atoms with Gasteiger partial charge in [0.25, 0.3) is 0 Å². The Morgan fingerprint density at radius 3 is 2.22 bits per heavy atom. The van der Waals surface area contributed by atoms with Crippen LogP contribution in [0.1, 0.15) is 37.8 Å². The van der Waals surface area contributed by atoms with E-state index in [0.29, 0.717) is 12.5 Å². The van der Waals surface area contributed by atoms with Crippen LogP contribution in [0.2, 0.25) is 0 Å². The molecular formula is C22H26N2O3. The van der Waals surface area contributed by atoms with Gasteiger partial charge in [-0.1, -0.05) is 38.1 Å².